The predicted molar refractivity (Wildman–Crippen MR) is 75.4 cm³/mol. The van der Waals surface area contributed by atoms with Crippen LogP contribution in [0.5, 0.6) is 5.75 Å². The molecule has 1 atom stereocenters. The van der Waals surface area contributed by atoms with Gasteiger partial charge in [-0.2, -0.15) is 0 Å². The van der Waals surface area contributed by atoms with Crippen LogP contribution in [0.15, 0.2) is 18.5 Å². The molecule has 1 aliphatic rings. The highest BCUT2D eigenvalue weighted by atomic mass is 16.5. The van der Waals surface area contributed by atoms with E-state index in [-0.39, 0.29) is 0 Å². The topological polar surface area (TPSA) is 43.4 Å². The molecule has 1 aromatic rings. The molecule has 0 radical (unpaired) electrons. The minimum atomic E-state index is 0.353. The summed E-state index contributed by atoms with van der Waals surface area (Å²) in [6.07, 6.45) is 7.06. The van der Waals surface area contributed by atoms with Crippen LogP contribution in [-0.4, -0.2) is 31.9 Å². The molecular formula is C15H24N2O2. The molecule has 19 heavy (non-hydrogen) atoms. The Balaban J connectivity index is 2.14. The molecule has 1 aliphatic heterocycles. The van der Waals surface area contributed by atoms with E-state index in [9.17, 15) is 0 Å². The first-order valence-corrected chi connectivity index (χ1v) is 7.15. The minimum Gasteiger partial charge on any atom is -0.495 e. The van der Waals surface area contributed by atoms with Gasteiger partial charge in [0, 0.05) is 25.5 Å². The number of nitrogens with zero attached hydrogens (tertiary/aromatic N) is 1. The van der Waals surface area contributed by atoms with Gasteiger partial charge >= 0.3 is 0 Å². The monoisotopic (exact) mass is 264 g/mol. The van der Waals surface area contributed by atoms with Crippen molar-refractivity contribution in [1.82, 2.24) is 10.3 Å². The number of methoxy groups -OCH3 is 1. The van der Waals surface area contributed by atoms with Gasteiger partial charge in [0.2, 0.25) is 0 Å². The number of hydrogen-bond donors (Lipinski definition) is 1. The molecular weight excluding hydrogens is 240 g/mol. The van der Waals surface area contributed by atoms with Gasteiger partial charge in [0.05, 0.1) is 13.3 Å². The lowest BCUT2D eigenvalue weighted by Crippen LogP contribution is -2.32. The van der Waals surface area contributed by atoms with Gasteiger partial charge in [0.15, 0.2) is 0 Å². The summed E-state index contributed by atoms with van der Waals surface area (Å²) in [5.74, 6) is 1.45. The number of pyridine rings is 1. The fourth-order valence-corrected chi connectivity index (χ4v) is 2.62. The SMILES string of the molecule is CCCNC(c1cncc(OC)c1)C1CCOCC1. The fraction of sp³-hybridized carbons (Fsp3) is 0.667. The maximum atomic E-state index is 5.47. The summed E-state index contributed by atoms with van der Waals surface area (Å²) in [6.45, 7) is 4.95. The van der Waals surface area contributed by atoms with Crippen molar-refractivity contribution >= 4 is 0 Å². The Morgan fingerprint density at radius 3 is 2.89 bits per heavy atom. The van der Waals surface area contributed by atoms with Crippen molar-refractivity contribution in [2.75, 3.05) is 26.9 Å². The van der Waals surface area contributed by atoms with Gasteiger partial charge in [-0.1, -0.05) is 6.92 Å². The highest BCUT2D eigenvalue weighted by Crippen LogP contribution is 2.31. The second-order valence-electron chi connectivity index (χ2n) is 5.04. The molecule has 1 aromatic heterocycles. The smallest absolute Gasteiger partial charge is 0.137 e. The Morgan fingerprint density at radius 1 is 1.42 bits per heavy atom. The molecule has 1 saturated heterocycles. The van der Waals surface area contributed by atoms with Crippen LogP contribution in [0.3, 0.4) is 0 Å². The lowest BCUT2D eigenvalue weighted by molar-refractivity contribution is 0.0535. The van der Waals surface area contributed by atoms with Crippen LogP contribution in [0.1, 0.15) is 37.8 Å². The first-order valence-electron chi connectivity index (χ1n) is 7.15. The first-order chi connectivity index (χ1) is 9.35. The van der Waals surface area contributed by atoms with E-state index >= 15 is 0 Å². The molecule has 0 aliphatic carbocycles. The van der Waals surface area contributed by atoms with Crippen LogP contribution < -0.4 is 10.1 Å². The average Bonchev–Trinajstić information content (AvgIpc) is 2.49. The summed E-state index contributed by atoms with van der Waals surface area (Å²) in [5.41, 5.74) is 1.22. The Morgan fingerprint density at radius 2 is 2.21 bits per heavy atom. The summed E-state index contributed by atoms with van der Waals surface area (Å²) >= 11 is 0. The maximum absolute atomic E-state index is 5.47. The Bertz CT molecular complexity index is 378. The number of nitrogens with one attached hydrogen (secondary N) is 1. The molecule has 106 valence electrons. The summed E-state index contributed by atoms with van der Waals surface area (Å²) in [4.78, 5) is 4.28. The predicted octanol–water partition coefficient (Wildman–Crippen LogP) is 2.56. The van der Waals surface area contributed by atoms with Gasteiger partial charge in [0.25, 0.3) is 0 Å². The van der Waals surface area contributed by atoms with Gasteiger partial charge in [-0.3, -0.25) is 4.98 Å². The van der Waals surface area contributed by atoms with E-state index in [0.717, 1.165) is 44.8 Å². The molecule has 4 heteroatoms. The number of ether oxygens (including phenoxy) is 2. The third-order valence-corrected chi connectivity index (χ3v) is 3.68. The van der Waals surface area contributed by atoms with E-state index in [1.807, 2.05) is 6.20 Å². The molecule has 0 spiro atoms. The number of rotatable bonds is 6. The lowest BCUT2D eigenvalue weighted by Gasteiger charge is -2.31. The van der Waals surface area contributed by atoms with E-state index in [1.54, 1.807) is 13.3 Å². The molecule has 0 bridgehead atoms. The van der Waals surface area contributed by atoms with E-state index in [2.05, 4.69) is 23.3 Å². The maximum Gasteiger partial charge on any atom is 0.137 e. The van der Waals surface area contributed by atoms with E-state index in [4.69, 9.17) is 9.47 Å². The van der Waals surface area contributed by atoms with Gasteiger partial charge < -0.3 is 14.8 Å². The number of aromatic nitrogens is 1. The molecule has 1 fully saturated rings. The van der Waals surface area contributed by atoms with Crippen molar-refractivity contribution < 1.29 is 9.47 Å². The van der Waals surface area contributed by atoms with Crippen LogP contribution in [0.2, 0.25) is 0 Å². The van der Waals surface area contributed by atoms with Crippen molar-refractivity contribution in [3.8, 4) is 5.75 Å². The third kappa shape index (κ3) is 3.91. The molecule has 4 nitrogen and oxygen atoms in total. The highest BCUT2D eigenvalue weighted by molar-refractivity contribution is 5.26. The van der Waals surface area contributed by atoms with Crippen molar-refractivity contribution in [3.05, 3.63) is 24.0 Å². The van der Waals surface area contributed by atoms with Gasteiger partial charge in [-0.25, -0.2) is 0 Å². The van der Waals surface area contributed by atoms with Crippen molar-refractivity contribution in [2.45, 2.75) is 32.2 Å². The van der Waals surface area contributed by atoms with Crippen LogP contribution >= 0.6 is 0 Å². The summed E-state index contributed by atoms with van der Waals surface area (Å²) < 4.78 is 10.7. The average molecular weight is 264 g/mol. The Kier molecular flexibility index (Phi) is 5.61. The zero-order valence-electron chi connectivity index (χ0n) is 11.9. The van der Waals surface area contributed by atoms with E-state index in [0.29, 0.717) is 12.0 Å². The van der Waals surface area contributed by atoms with Crippen LogP contribution in [-0.2, 0) is 4.74 Å². The normalized spacial score (nSPS) is 18.2. The van der Waals surface area contributed by atoms with Gasteiger partial charge in [-0.05, 0) is 43.4 Å². The Labute approximate surface area is 115 Å². The van der Waals surface area contributed by atoms with Crippen molar-refractivity contribution in [1.29, 1.82) is 0 Å². The third-order valence-electron chi connectivity index (χ3n) is 3.68. The van der Waals surface area contributed by atoms with Crippen LogP contribution in [0, 0.1) is 5.92 Å². The molecule has 2 heterocycles. The van der Waals surface area contributed by atoms with E-state index in [1.165, 1.54) is 5.56 Å². The molecule has 0 saturated carbocycles. The van der Waals surface area contributed by atoms with Crippen LogP contribution in [0.25, 0.3) is 0 Å². The van der Waals surface area contributed by atoms with Crippen molar-refractivity contribution in [2.24, 2.45) is 5.92 Å². The highest BCUT2D eigenvalue weighted by Gasteiger charge is 2.25. The van der Waals surface area contributed by atoms with Gasteiger partial charge in [-0.15, -0.1) is 0 Å². The molecule has 1 N–H and O–H groups in total. The minimum absolute atomic E-state index is 0.353. The molecule has 0 aromatic carbocycles. The lowest BCUT2D eigenvalue weighted by atomic mass is 9.87. The quantitative estimate of drug-likeness (QED) is 0.857. The molecule has 1 unspecified atom stereocenters. The van der Waals surface area contributed by atoms with E-state index < -0.39 is 0 Å². The van der Waals surface area contributed by atoms with Gasteiger partial charge in [0.1, 0.15) is 5.75 Å². The first kappa shape index (κ1) is 14.3. The fourth-order valence-electron chi connectivity index (χ4n) is 2.62. The Hall–Kier alpha value is -1.13. The zero-order valence-corrected chi connectivity index (χ0v) is 11.9. The zero-order chi connectivity index (χ0) is 13.5. The second-order valence-corrected chi connectivity index (χ2v) is 5.04. The summed E-state index contributed by atoms with van der Waals surface area (Å²) in [6, 6.07) is 2.45. The molecule has 2 rings (SSSR count). The summed E-state index contributed by atoms with van der Waals surface area (Å²) in [5, 5.41) is 3.66. The molecule has 0 amide bonds. The second kappa shape index (κ2) is 7.46. The largest absolute Gasteiger partial charge is 0.495 e. The van der Waals surface area contributed by atoms with Crippen molar-refractivity contribution in [3.63, 3.8) is 0 Å². The summed E-state index contributed by atoms with van der Waals surface area (Å²) in [7, 11) is 1.68. The van der Waals surface area contributed by atoms with Crippen LogP contribution in [0.4, 0.5) is 0 Å². The standard InChI is InChI=1S/C15H24N2O2/c1-3-6-17-15(12-4-7-19-8-5-12)13-9-14(18-2)11-16-10-13/h9-12,15,17H,3-8H2,1-2H3. The number of hydrogen-bond acceptors (Lipinski definition) is 4.